The fraction of sp³-hybridized carbons (Fsp3) is 0.152. The van der Waals surface area contributed by atoms with Crippen LogP contribution in [-0.2, 0) is 0 Å². The van der Waals surface area contributed by atoms with Crippen molar-refractivity contribution in [2.24, 2.45) is 10.5 Å². The summed E-state index contributed by atoms with van der Waals surface area (Å²) >= 11 is 0. The minimum absolute atomic E-state index is 0.206. The van der Waals surface area contributed by atoms with Gasteiger partial charge in [-0.2, -0.15) is 5.10 Å². The van der Waals surface area contributed by atoms with Crippen LogP contribution in [0.15, 0.2) is 102 Å². The van der Waals surface area contributed by atoms with Gasteiger partial charge in [-0.25, -0.2) is 0 Å². The number of rotatable bonds is 5. The quantitative estimate of drug-likeness (QED) is 0.139. The molecule has 3 atom stereocenters. The summed E-state index contributed by atoms with van der Waals surface area (Å²) in [7, 11) is 1.52. The zero-order chi connectivity index (χ0) is 29.2. The second kappa shape index (κ2) is 9.31. The second-order valence-corrected chi connectivity index (χ2v) is 10.6. The molecule has 2 aliphatic heterocycles. The van der Waals surface area contributed by atoms with Crippen LogP contribution in [-0.4, -0.2) is 46.6 Å². The Labute approximate surface area is 240 Å². The third-order valence-electron chi connectivity index (χ3n) is 8.66. The smallest absolute Gasteiger partial charge is 0.269 e. The number of hydrazone groups is 1. The first-order chi connectivity index (χ1) is 20.4. The largest absolute Gasteiger partial charge is 0.497 e. The zero-order valence-electron chi connectivity index (χ0n) is 22.3. The van der Waals surface area contributed by atoms with Crippen LogP contribution in [0, 0.1) is 15.5 Å². The number of hydrogen-bond acceptors (Lipinski definition) is 8. The van der Waals surface area contributed by atoms with Gasteiger partial charge in [-0.15, -0.1) is 0 Å². The molecule has 2 heterocycles. The Morgan fingerprint density at radius 1 is 0.905 bits per heavy atom. The Hall–Kier alpha value is -5.44. The molecule has 42 heavy (non-hydrogen) atoms. The van der Waals surface area contributed by atoms with Crippen LogP contribution in [0.25, 0.3) is 0 Å². The van der Waals surface area contributed by atoms with E-state index in [0.29, 0.717) is 22.4 Å². The van der Waals surface area contributed by atoms with Gasteiger partial charge in [0, 0.05) is 34.7 Å². The van der Waals surface area contributed by atoms with Gasteiger partial charge in [0.15, 0.2) is 17.3 Å². The number of fused-ring (bicyclic) bond motifs is 5. The molecule has 9 heteroatoms. The van der Waals surface area contributed by atoms with Gasteiger partial charge in [0.1, 0.15) is 17.2 Å². The third kappa shape index (κ3) is 3.36. The molecule has 1 saturated heterocycles. The Morgan fingerprint density at radius 2 is 1.57 bits per heavy atom. The summed E-state index contributed by atoms with van der Waals surface area (Å²) in [5, 5.41) is 18.1. The van der Waals surface area contributed by atoms with Crippen LogP contribution in [0.2, 0.25) is 0 Å². The van der Waals surface area contributed by atoms with Crippen LogP contribution in [0.1, 0.15) is 59.7 Å². The van der Waals surface area contributed by atoms with E-state index in [9.17, 15) is 24.5 Å². The van der Waals surface area contributed by atoms with Crippen LogP contribution in [0.4, 0.5) is 5.69 Å². The fourth-order valence-electron chi connectivity index (χ4n) is 6.91. The minimum Gasteiger partial charge on any atom is -0.497 e. The molecule has 7 rings (SSSR count). The number of nitrogens with zero attached hydrogens (tertiary/aromatic N) is 3. The summed E-state index contributed by atoms with van der Waals surface area (Å²) in [4.78, 5) is 55.3. The number of methoxy groups -OCH3 is 1. The van der Waals surface area contributed by atoms with Crippen molar-refractivity contribution < 1.29 is 24.0 Å². The standard InChI is InChI=1S/C33H23N3O6/c1-42-23-15-13-19(14-16-23)29(37)28-27(20-8-6-9-22(17-20)36(40)41)33(31(38)25-11-4-5-12-26(25)32(33)39)30-24-10-3-2-7-21(24)18-34-35(28)30/h2-18,27-28,30H,1H3/t27-,28+,30-/m1/s1. The van der Waals surface area contributed by atoms with Crippen LogP contribution < -0.4 is 4.74 Å². The number of ether oxygens (including phenoxy) is 1. The Morgan fingerprint density at radius 3 is 2.24 bits per heavy atom. The Balaban J connectivity index is 1.54. The summed E-state index contributed by atoms with van der Waals surface area (Å²) < 4.78 is 5.27. The molecule has 1 fully saturated rings. The minimum atomic E-state index is -1.81. The molecule has 0 aromatic heterocycles. The number of benzene rings is 4. The molecule has 0 amide bonds. The molecule has 206 valence electrons. The van der Waals surface area contributed by atoms with Crippen molar-refractivity contribution in [3.8, 4) is 5.75 Å². The van der Waals surface area contributed by atoms with Crippen LogP contribution in [0.3, 0.4) is 0 Å². The summed E-state index contributed by atoms with van der Waals surface area (Å²) in [5.41, 5.74) is 0.601. The molecule has 0 saturated carbocycles. The maximum Gasteiger partial charge on any atom is 0.269 e. The average Bonchev–Trinajstić information content (AvgIpc) is 3.47. The van der Waals surface area contributed by atoms with E-state index in [0.717, 1.165) is 5.56 Å². The number of ketones is 3. The van der Waals surface area contributed by atoms with Crippen molar-refractivity contribution in [1.82, 2.24) is 5.01 Å². The maximum absolute atomic E-state index is 14.7. The molecule has 9 nitrogen and oxygen atoms in total. The van der Waals surface area contributed by atoms with Gasteiger partial charge in [-0.3, -0.25) is 29.5 Å². The predicted octanol–water partition coefficient (Wildman–Crippen LogP) is 5.41. The topological polar surface area (TPSA) is 119 Å². The number of carbonyl (C=O) groups excluding carboxylic acids is 3. The van der Waals surface area contributed by atoms with E-state index in [1.54, 1.807) is 65.8 Å². The van der Waals surface area contributed by atoms with Crippen molar-refractivity contribution in [3.63, 3.8) is 0 Å². The lowest BCUT2D eigenvalue weighted by Gasteiger charge is -2.36. The number of Topliss-reactive ketones (excluding diaryl/α,β-unsaturated/α-hetero) is 3. The Bertz CT molecular complexity index is 1810. The highest BCUT2D eigenvalue weighted by Crippen LogP contribution is 2.64. The summed E-state index contributed by atoms with van der Waals surface area (Å²) in [6.45, 7) is 0. The van der Waals surface area contributed by atoms with Gasteiger partial charge in [-0.05, 0) is 41.0 Å². The highest BCUT2D eigenvalue weighted by atomic mass is 16.6. The zero-order valence-corrected chi connectivity index (χ0v) is 22.3. The molecule has 1 aliphatic carbocycles. The normalized spacial score (nSPS) is 21.2. The predicted molar refractivity (Wildman–Crippen MR) is 153 cm³/mol. The van der Waals surface area contributed by atoms with Crippen molar-refractivity contribution in [3.05, 3.63) is 141 Å². The molecule has 1 spiro atoms. The Kier molecular flexibility index (Phi) is 5.65. The molecule has 0 N–H and O–H groups in total. The number of non-ortho nitro benzene ring substituents is 1. The highest BCUT2D eigenvalue weighted by Gasteiger charge is 2.72. The van der Waals surface area contributed by atoms with Gasteiger partial charge in [-0.1, -0.05) is 60.7 Å². The van der Waals surface area contributed by atoms with Crippen molar-refractivity contribution in [2.75, 3.05) is 7.11 Å². The van der Waals surface area contributed by atoms with Crippen molar-refractivity contribution >= 4 is 29.3 Å². The highest BCUT2D eigenvalue weighted by molar-refractivity contribution is 6.31. The van der Waals surface area contributed by atoms with Gasteiger partial charge in [0.25, 0.3) is 5.69 Å². The second-order valence-electron chi connectivity index (χ2n) is 10.6. The SMILES string of the molecule is COc1ccc(C(=O)[C@@H]2[C@@H](c3cccc([N+](=O)[O-])c3)C3(C(=O)c4ccccc4C3=O)[C@H]3c4ccccc4C=NN23)cc1. The van der Waals surface area contributed by atoms with E-state index in [1.807, 2.05) is 24.3 Å². The first kappa shape index (κ1) is 25.5. The van der Waals surface area contributed by atoms with E-state index in [1.165, 1.54) is 25.3 Å². The maximum atomic E-state index is 14.7. The number of carbonyl (C=O) groups is 3. The summed E-state index contributed by atoms with van der Waals surface area (Å²) in [5.74, 6) is -1.75. The molecular weight excluding hydrogens is 534 g/mol. The average molecular weight is 558 g/mol. The van der Waals surface area contributed by atoms with Crippen molar-refractivity contribution in [1.29, 1.82) is 0 Å². The number of nitro benzene ring substituents is 1. The molecule has 3 aliphatic rings. The van der Waals surface area contributed by atoms with E-state index < -0.39 is 39.9 Å². The molecule has 0 unspecified atom stereocenters. The molecule has 0 radical (unpaired) electrons. The van der Waals surface area contributed by atoms with Crippen molar-refractivity contribution in [2.45, 2.75) is 18.0 Å². The van der Waals surface area contributed by atoms with Gasteiger partial charge in [0.05, 0.1) is 24.3 Å². The van der Waals surface area contributed by atoms with Crippen LogP contribution in [0.5, 0.6) is 5.75 Å². The lowest BCUT2D eigenvalue weighted by atomic mass is 9.63. The van der Waals surface area contributed by atoms with Crippen LogP contribution >= 0.6 is 0 Å². The van der Waals surface area contributed by atoms with E-state index >= 15 is 0 Å². The fourth-order valence-corrected chi connectivity index (χ4v) is 6.91. The van der Waals surface area contributed by atoms with E-state index in [2.05, 4.69) is 0 Å². The first-order valence-corrected chi connectivity index (χ1v) is 13.4. The molecule has 4 aromatic carbocycles. The third-order valence-corrected chi connectivity index (χ3v) is 8.66. The number of hydrogen-bond donors (Lipinski definition) is 0. The van der Waals surface area contributed by atoms with Gasteiger partial charge in [0.2, 0.25) is 0 Å². The van der Waals surface area contributed by atoms with Gasteiger partial charge < -0.3 is 4.74 Å². The van der Waals surface area contributed by atoms with E-state index in [4.69, 9.17) is 9.84 Å². The summed E-state index contributed by atoms with van der Waals surface area (Å²) in [6.07, 6.45) is 1.63. The molecule has 0 bridgehead atoms. The lowest BCUT2D eigenvalue weighted by Crippen LogP contribution is -2.43. The molecule has 4 aromatic rings. The molecular formula is C33H23N3O6. The van der Waals surface area contributed by atoms with E-state index in [-0.39, 0.29) is 22.6 Å². The van der Waals surface area contributed by atoms with Gasteiger partial charge >= 0.3 is 0 Å². The summed E-state index contributed by atoms with van der Waals surface area (Å²) in [6, 6.07) is 24.4. The lowest BCUT2D eigenvalue weighted by molar-refractivity contribution is -0.384. The number of nitro groups is 1. The first-order valence-electron chi connectivity index (χ1n) is 13.4. The monoisotopic (exact) mass is 557 g/mol.